The van der Waals surface area contributed by atoms with Gasteiger partial charge in [-0.3, -0.25) is 4.98 Å². The van der Waals surface area contributed by atoms with Crippen LogP contribution in [0.5, 0.6) is 0 Å². The molecule has 2 aromatic heterocycles. The van der Waals surface area contributed by atoms with Crippen LogP contribution in [-0.2, 0) is 5.21 Å². The van der Waals surface area contributed by atoms with E-state index in [4.69, 9.17) is 9.40 Å². The Morgan fingerprint density at radius 3 is 2.22 bits per heavy atom. The average Bonchev–Trinajstić information content (AvgIpc) is 3.06. The maximum atomic E-state index is 9.29. The van der Waals surface area contributed by atoms with Gasteiger partial charge in [0.05, 0.1) is 17.3 Å². The molecule has 4 rings (SSSR count). The molecule has 0 amide bonds. The lowest BCUT2D eigenvalue weighted by molar-refractivity contribution is 0.360. The highest BCUT2D eigenvalue weighted by Crippen LogP contribution is 2.37. The smallest absolute Gasteiger partial charge is 0.163 e. The Balaban J connectivity index is 2.02. The minimum absolute atomic E-state index is 0.0192. The molecule has 0 N–H and O–H groups in total. The van der Waals surface area contributed by atoms with Crippen molar-refractivity contribution < 1.29 is 4.42 Å². The van der Waals surface area contributed by atoms with Gasteiger partial charge in [-0.25, -0.2) is 0 Å². The maximum absolute atomic E-state index is 9.29. The number of hydrogen-bond donors (Lipinski definition) is 0. The maximum Gasteiger partial charge on any atom is 0.163 e. The number of aromatic nitrogens is 1. The monoisotopic (exact) mass is 414 g/mol. The molecule has 32 heavy (non-hydrogen) atoms. The Labute approximate surface area is 195 Å². The Morgan fingerprint density at radius 1 is 0.938 bits per heavy atom. The van der Waals surface area contributed by atoms with Gasteiger partial charge in [-0.1, -0.05) is 42.5 Å². The first-order valence-electron chi connectivity index (χ1n) is 11.2. The first-order valence-corrected chi connectivity index (χ1v) is 11.2. The number of nitriles is 1. The summed E-state index contributed by atoms with van der Waals surface area (Å²) >= 11 is 0. The first kappa shape index (κ1) is 22.4. The third-order valence-corrected chi connectivity index (χ3v) is 7.63. The summed E-state index contributed by atoms with van der Waals surface area (Å²) in [4.78, 5) is 5.06. The fourth-order valence-electron chi connectivity index (χ4n) is 4.75. The molecule has 0 radical (unpaired) electrons. The Morgan fingerprint density at radius 2 is 1.59 bits per heavy atom. The summed E-state index contributed by atoms with van der Waals surface area (Å²) in [7, 11) is 11.2. The molecule has 0 atom stereocenters. The van der Waals surface area contributed by atoms with Crippen LogP contribution in [0.4, 0.5) is 0 Å². The molecule has 4 aromatic rings. The predicted octanol–water partition coefficient (Wildman–Crippen LogP) is -0.932. The molecule has 3 nitrogen and oxygen atoms in total. The van der Waals surface area contributed by atoms with E-state index in [1.807, 2.05) is 12.1 Å². The minimum Gasteiger partial charge on any atom is -0.456 e. The van der Waals surface area contributed by atoms with E-state index < -0.39 is 0 Å². The molecular weight excluding hydrogens is 386 g/mol. The molecule has 154 valence electrons. The zero-order chi connectivity index (χ0) is 23.6. The van der Waals surface area contributed by atoms with Crippen LogP contribution in [0, 0.1) is 23.7 Å². The number of rotatable bonds is 2. The quantitative estimate of drug-likeness (QED) is 0.399. The first-order chi connectivity index (χ1) is 14.9. The van der Waals surface area contributed by atoms with E-state index in [2.05, 4.69) is 85.1 Å². The lowest BCUT2D eigenvalue weighted by atomic mass is 9.38. The fourth-order valence-corrected chi connectivity index (χ4v) is 4.75. The standard InChI is InChI=1S/C24H27B5N2O/c1-11-7-14-15-8-12(10-30)5-6-16(15)32-17(14)9-13(11)21-19(25)18(20(26)22(27)31-21)24(28,29)23(2,3)4/h5-9H,25-29H2,1-4H3. The van der Waals surface area contributed by atoms with Crippen molar-refractivity contribution in [3.63, 3.8) is 0 Å². The largest absolute Gasteiger partial charge is 0.456 e. The molecule has 0 spiro atoms. The normalized spacial score (nSPS) is 12.3. The summed E-state index contributed by atoms with van der Waals surface area (Å²) in [6, 6.07) is 12.1. The minimum atomic E-state index is -0.0192. The molecule has 0 unspecified atom stereocenters. The summed E-state index contributed by atoms with van der Waals surface area (Å²) < 4.78 is 6.18. The number of furan rings is 1. The van der Waals surface area contributed by atoms with Crippen LogP contribution in [0.15, 0.2) is 34.7 Å². The molecule has 0 aliphatic carbocycles. The van der Waals surface area contributed by atoms with Gasteiger partial charge in [0.1, 0.15) is 42.6 Å². The highest BCUT2D eigenvalue weighted by Gasteiger charge is 2.37. The fraction of sp³-hybridized carbons (Fsp3) is 0.250. The van der Waals surface area contributed by atoms with Crippen LogP contribution < -0.4 is 16.5 Å². The van der Waals surface area contributed by atoms with Crippen LogP contribution in [0.1, 0.15) is 37.5 Å². The number of fused-ring (bicyclic) bond motifs is 3. The zero-order valence-corrected chi connectivity index (χ0v) is 20.7. The van der Waals surface area contributed by atoms with Crippen LogP contribution >= 0.6 is 0 Å². The number of hydrogen-bond acceptors (Lipinski definition) is 3. The van der Waals surface area contributed by atoms with Crippen LogP contribution in [0.2, 0.25) is 0 Å². The van der Waals surface area contributed by atoms with E-state index in [1.54, 1.807) is 6.07 Å². The van der Waals surface area contributed by atoms with E-state index in [0.29, 0.717) is 5.56 Å². The molecular formula is C24H27B5N2O. The van der Waals surface area contributed by atoms with E-state index in [1.165, 1.54) is 16.5 Å². The summed E-state index contributed by atoms with van der Waals surface area (Å²) in [6.07, 6.45) is 0. The van der Waals surface area contributed by atoms with Crippen LogP contribution in [0.3, 0.4) is 0 Å². The van der Waals surface area contributed by atoms with Crippen molar-refractivity contribution in [2.45, 2.75) is 32.9 Å². The van der Waals surface area contributed by atoms with Crippen molar-refractivity contribution in [2.24, 2.45) is 5.41 Å². The highest BCUT2D eigenvalue weighted by molar-refractivity contribution is 6.54. The molecule has 2 aromatic carbocycles. The molecule has 0 bridgehead atoms. The van der Waals surface area contributed by atoms with Gasteiger partial charge in [0.2, 0.25) is 0 Å². The Hall–Kier alpha value is -2.80. The average molecular weight is 414 g/mol. The predicted molar refractivity (Wildman–Crippen MR) is 149 cm³/mol. The Bertz CT molecular complexity index is 1440. The summed E-state index contributed by atoms with van der Waals surface area (Å²) in [6.45, 7) is 9.06. The van der Waals surface area contributed by atoms with Gasteiger partial charge < -0.3 is 4.42 Å². The van der Waals surface area contributed by atoms with Gasteiger partial charge in [-0.05, 0) is 53.8 Å². The van der Waals surface area contributed by atoms with E-state index in [9.17, 15) is 5.26 Å². The highest BCUT2D eigenvalue weighted by atomic mass is 16.3. The Kier molecular flexibility index (Phi) is 5.16. The van der Waals surface area contributed by atoms with Gasteiger partial charge in [-0.2, -0.15) is 5.26 Å². The lowest BCUT2D eigenvalue weighted by Crippen LogP contribution is -2.52. The second-order valence-corrected chi connectivity index (χ2v) is 10.6. The van der Waals surface area contributed by atoms with E-state index in [0.717, 1.165) is 44.4 Å². The third-order valence-electron chi connectivity index (χ3n) is 7.63. The van der Waals surface area contributed by atoms with Gasteiger partial charge >= 0.3 is 0 Å². The number of benzene rings is 2. The van der Waals surface area contributed by atoms with Gasteiger partial charge in [-0.15, -0.1) is 0 Å². The van der Waals surface area contributed by atoms with Crippen molar-refractivity contribution in [3.8, 4) is 17.3 Å². The summed E-state index contributed by atoms with van der Waals surface area (Å²) in [5.74, 6) is 0. The van der Waals surface area contributed by atoms with Gasteiger partial charge in [0.25, 0.3) is 0 Å². The van der Waals surface area contributed by atoms with Crippen LogP contribution in [0.25, 0.3) is 33.2 Å². The van der Waals surface area contributed by atoms with Gasteiger partial charge in [0.15, 0.2) is 7.85 Å². The van der Waals surface area contributed by atoms with Crippen molar-refractivity contribution in [1.29, 1.82) is 5.26 Å². The topological polar surface area (TPSA) is 49.8 Å². The van der Waals surface area contributed by atoms with Crippen molar-refractivity contribution in [1.82, 2.24) is 4.98 Å². The van der Waals surface area contributed by atoms with Crippen LogP contribution in [-0.4, -0.2) is 44.2 Å². The van der Waals surface area contributed by atoms with Crippen molar-refractivity contribution in [2.75, 3.05) is 0 Å². The summed E-state index contributed by atoms with van der Waals surface area (Å²) in [5, 5.41) is 11.3. The van der Waals surface area contributed by atoms with Gasteiger partial charge in [0, 0.05) is 16.3 Å². The number of pyridine rings is 1. The molecule has 0 saturated heterocycles. The lowest BCUT2D eigenvalue weighted by Gasteiger charge is -2.43. The number of nitrogens with zero attached hydrogens (tertiary/aromatic N) is 2. The third kappa shape index (κ3) is 3.30. The van der Waals surface area contributed by atoms with Crippen molar-refractivity contribution >= 4 is 77.7 Å². The van der Waals surface area contributed by atoms with E-state index >= 15 is 0 Å². The zero-order valence-electron chi connectivity index (χ0n) is 20.7. The van der Waals surface area contributed by atoms with Crippen molar-refractivity contribution in [3.05, 3.63) is 47.0 Å². The number of aryl methyl sites for hydroxylation is 1. The summed E-state index contributed by atoms with van der Waals surface area (Å²) in [5.41, 5.74) is 10.6. The second kappa shape index (κ2) is 7.37. The molecule has 8 heteroatoms. The molecule has 0 saturated carbocycles. The molecule has 0 aliphatic rings. The SMILES string of the molecule is Bc1nc(-c2cc3oc4ccc(C#N)cc4c3cc2C)c(B)c(C(B)(B)C(C)(C)C)c1B. The molecule has 0 aliphatic heterocycles. The molecule has 0 fully saturated rings. The second-order valence-electron chi connectivity index (χ2n) is 10.6. The molecule has 2 heterocycles. The van der Waals surface area contributed by atoms with E-state index in [-0.39, 0.29) is 10.6 Å².